The molecule has 2 heterocycles. The molecular formula is C34H26O22. The van der Waals surface area contributed by atoms with Gasteiger partial charge in [-0.05, 0) is 36.4 Å². The minimum absolute atomic E-state index is 0.475. The fourth-order valence-corrected chi connectivity index (χ4v) is 5.74. The Balaban J connectivity index is 1.46. The van der Waals surface area contributed by atoms with Crippen molar-refractivity contribution in [3.05, 3.63) is 58.7 Å². The first-order valence-electron chi connectivity index (χ1n) is 15.5. The third-order valence-electron chi connectivity index (χ3n) is 8.51. The molecule has 22 heteroatoms. The quantitative estimate of drug-likeness (QED) is 0.0768. The number of esters is 4. The van der Waals surface area contributed by atoms with Crippen molar-refractivity contribution in [3.63, 3.8) is 0 Å². The Morgan fingerprint density at radius 3 is 1.43 bits per heavy atom. The Morgan fingerprint density at radius 2 is 0.964 bits per heavy atom. The van der Waals surface area contributed by atoms with Gasteiger partial charge in [-0.3, -0.25) is 0 Å². The number of phenols is 12. The van der Waals surface area contributed by atoms with Gasteiger partial charge < -0.3 is 90.1 Å². The minimum atomic E-state index is -2.41. The van der Waals surface area contributed by atoms with Gasteiger partial charge in [0, 0.05) is 11.1 Å². The Labute approximate surface area is 309 Å². The highest BCUT2D eigenvalue weighted by Gasteiger charge is 2.52. The number of cyclic esters (lactones) is 1. The fourth-order valence-electron chi connectivity index (χ4n) is 5.74. The summed E-state index contributed by atoms with van der Waals surface area (Å²) in [6.45, 7) is -1.09. The molecule has 0 radical (unpaired) electrons. The van der Waals surface area contributed by atoms with Gasteiger partial charge in [0.15, 0.2) is 69.7 Å². The van der Waals surface area contributed by atoms with Crippen LogP contribution in [-0.2, 0) is 23.7 Å². The number of aliphatic hydroxyl groups is 1. The maximum absolute atomic E-state index is 13.8. The highest BCUT2D eigenvalue weighted by Crippen LogP contribution is 2.53. The number of benzene rings is 4. The van der Waals surface area contributed by atoms with Gasteiger partial charge in [-0.25, -0.2) is 19.2 Å². The molecule has 6 rings (SSSR count). The van der Waals surface area contributed by atoms with Crippen molar-refractivity contribution in [1.82, 2.24) is 0 Å². The Bertz CT molecular complexity index is 2290. The second-order valence-electron chi connectivity index (χ2n) is 12.0. The zero-order valence-electron chi connectivity index (χ0n) is 27.5. The zero-order valence-corrected chi connectivity index (χ0v) is 27.5. The van der Waals surface area contributed by atoms with Crippen LogP contribution in [0.1, 0.15) is 41.4 Å². The van der Waals surface area contributed by atoms with Gasteiger partial charge in [0.05, 0.1) is 22.3 Å². The summed E-state index contributed by atoms with van der Waals surface area (Å²) in [7, 11) is 0. The Morgan fingerprint density at radius 1 is 0.554 bits per heavy atom. The van der Waals surface area contributed by atoms with Gasteiger partial charge in [0.25, 0.3) is 0 Å². The number of ether oxygens (including phenoxy) is 5. The molecule has 13 N–H and O–H groups in total. The Kier molecular flexibility index (Phi) is 9.45. The number of aliphatic hydroxyl groups excluding tert-OH is 1. The van der Waals surface area contributed by atoms with Crippen LogP contribution in [-0.4, -0.2) is 128 Å². The first kappa shape index (κ1) is 38.0. The number of aromatic hydroxyl groups is 12. The van der Waals surface area contributed by atoms with Crippen LogP contribution < -0.4 is 0 Å². The van der Waals surface area contributed by atoms with Gasteiger partial charge in [0.2, 0.25) is 17.8 Å². The maximum Gasteiger partial charge on any atom is 0.340 e. The van der Waals surface area contributed by atoms with E-state index in [1.54, 1.807) is 0 Å². The lowest BCUT2D eigenvalue weighted by Crippen LogP contribution is -2.62. The van der Waals surface area contributed by atoms with Gasteiger partial charge in [-0.15, -0.1) is 0 Å². The predicted octanol–water partition coefficient (Wildman–Crippen LogP) is 0.685. The van der Waals surface area contributed by atoms with Gasteiger partial charge >= 0.3 is 23.9 Å². The summed E-state index contributed by atoms with van der Waals surface area (Å²) in [6, 6.07) is 3.47. The summed E-state index contributed by atoms with van der Waals surface area (Å²) in [6.07, 6.45) is -11.2. The summed E-state index contributed by atoms with van der Waals surface area (Å²) in [5.74, 6) is -19.9. The van der Waals surface area contributed by atoms with Crippen LogP contribution in [0, 0.1) is 0 Å². The molecule has 4 aromatic carbocycles. The van der Waals surface area contributed by atoms with E-state index in [1.165, 1.54) is 0 Å². The van der Waals surface area contributed by atoms with E-state index in [1.807, 2.05) is 0 Å². The van der Waals surface area contributed by atoms with Crippen LogP contribution in [0.3, 0.4) is 0 Å². The summed E-state index contributed by atoms with van der Waals surface area (Å²) in [5, 5.41) is 133. The van der Waals surface area contributed by atoms with Crippen LogP contribution in [0.4, 0.5) is 0 Å². The third kappa shape index (κ3) is 6.45. The number of hydrogen-bond acceptors (Lipinski definition) is 22. The lowest BCUT2D eigenvalue weighted by Gasteiger charge is -2.42. The van der Waals surface area contributed by atoms with Gasteiger partial charge in [-0.1, -0.05) is 0 Å². The molecule has 294 valence electrons. The largest absolute Gasteiger partial charge is 0.504 e. The topological polar surface area (TPSA) is 377 Å². The highest BCUT2D eigenvalue weighted by molar-refractivity contribution is 6.08. The van der Waals surface area contributed by atoms with E-state index in [9.17, 15) is 85.6 Å². The second-order valence-corrected chi connectivity index (χ2v) is 12.0. The van der Waals surface area contributed by atoms with Gasteiger partial charge in [-0.2, -0.15) is 0 Å². The van der Waals surface area contributed by atoms with E-state index in [0.717, 1.165) is 0 Å². The average Bonchev–Trinajstić information content (AvgIpc) is 3.16. The minimum Gasteiger partial charge on any atom is -0.504 e. The number of carbonyl (C=O) groups excluding carboxylic acids is 4. The Hall–Kier alpha value is -7.72. The van der Waals surface area contributed by atoms with E-state index in [0.29, 0.717) is 36.4 Å². The number of carbonyl (C=O) groups is 4. The maximum atomic E-state index is 13.8. The van der Waals surface area contributed by atoms with Crippen LogP contribution in [0.5, 0.6) is 69.0 Å². The smallest absolute Gasteiger partial charge is 0.340 e. The van der Waals surface area contributed by atoms with Crippen LogP contribution in [0.25, 0.3) is 11.1 Å². The number of phenolic OH excluding ortho intramolecular Hbond substituents is 12. The lowest BCUT2D eigenvalue weighted by atomic mass is 9.92. The predicted molar refractivity (Wildman–Crippen MR) is 174 cm³/mol. The van der Waals surface area contributed by atoms with E-state index in [2.05, 4.69) is 0 Å². The normalized spacial score (nSPS) is 20.6. The highest BCUT2D eigenvalue weighted by atomic mass is 16.7. The van der Waals surface area contributed by atoms with Crippen molar-refractivity contribution in [3.8, 4) is 80.1 Å². The first-order valence-corrected chi connectivity index (χ1v) is 15.5. The summed E-state index contributed by atoms with van der Waals surface area (Å²) >= 11 is 0. The molecule has 0 spiro atoms. The number of rotatable bonds is 4. The van der Waals surface area contributed by atoms with E-state index in [-0.39, 0.29) is 0 Å². The summed E-state index contributed by atoms with van der Waals surface area (Å²) < 4.78 is 26.9. The third-order valence-corrected chi connectivity index (χ3v) is 8.51. The molecule has 0 bridgehead atoms. The molecule has 1 saturated heterocycles. The molecule has 1 fully saturated rings. The average molecular weight is 787 g/mol. The lowest BCUT2D eigenvalue weighted by molar-refractivity contribution is -0.283. The standard InChI is InChI=1S/C34H26O22/c35-12-1-8(2-13(36)21(12)41)30(48)55-29-27(47)28-18(53-34(29)56-31(49)9-3-14(37)22(42)15(38)4-9)7-52-32(50)10-5-16(39)23(43)25(45)19(10)20-11(33(51)54-28)6-17(40)24(44)26(20)46/h1-6,18,27-29,34-47H,7H2/t18-,27-,28-,29+,34-/m0/s1. The van der Waals surface area contributed by atoms with Crippen molar-refractivity contribution in [2.75, 3.05) is 6.61 Å². The molecule has 2 aliphatic rings. The van der Waals surface area contributed by atoms with E-state index >= 15 is 0 Å². The molecule has 0 aliphatic carbocycles. The van der Waals surface area contributed by atoms with Crippen LogP contribution in [0.15, 0.2) is 36.4 Å². The molecule has 5 atom stereocenters. The van der Waals surface area contributed by atoms with Crippen molar-refractivity contribution >= 4 is 23.9 Å². The van der Waals surface area contributed by atoms with Crippen LogP contribution in [0.2, 0.25) is 0 Å². The van der Waals surface area contributed by atoms with E-state index < -0.39 is 164 Å². The molecule has 0 saturated carbocycles. The van der Waals surface area contributed by atoms with E-state index in [4.69, 9.17) is 23.7 Å². The molecule has 4 aromatic rings. The number of fused-ring (bicyclic) bond motifs is 4. The molecule has 56 heavy (non-hydrogen) atoms. The zero-order chi connectivity index (χ0) is 41.1. The molecule has 0 unspecified atom stereocenters. The fraction of sp³-hybridized carbons (Fsp3) is 0.176. The SMILES string of the molecule is O=C(O[C@@H]1O[C@H]2COC(=O)c3cc(O)c(O)c(O)c3-c3c(cc(O)c(O)c3O)C(=O)O[C@@H]2[C@H](O)[C@H]1OC(=O)c1cc(O)c(O)c(O)c1)c1cc(O)c(O)c(O)c1. The molecule has 22 nitrogen and oxygen atoms in total. The first-order chi connectivity index (χ1) is 26.3. The molecule has 0 aromatic heterocycles. The number of hydrogen-bond donors (Lipinski definition) is 13. The summed E-state index contributed by atoms with van der Waals surface area (Å²) in [4.78, 5) is 53.8. The van der Waals surface area contributed by atoms with Gasteiger partial charge in [0.1, 0.15) is 18.8 Å². The van der Waals surface area contributed by atoms with Crippen LogP contribution >= 0.6 is 0 Å². The second kappa shape index (κ2) is 13.9. The molecule has 0 amide bonds. The summed E-state index contributed by atoms with van der Waals surface area (Å²) in [5.41, 5.74) is -5.17. The van der Waals surface area contributed by atoms with Crippen molar-refractivity contribution < 1.29 is 109 Å². The molecular weight excluding hydrogens is 760 g/mol. The van der Waals surface area contributed by atoms with Crippen molar-refractivity contribution in [2.45, 2.75) is 30.7 Å². The monoisotopic (exact) mass is 786 g/mol. The molecule has 2 aliphatic heterocycles. The van der Waals surface area contributed by atoms with Crippen molar-refractivity contribution in [2.24, 2.45) is 0 Å². The van der Waals surface area contributed by atoms with Crippen molar-refractivity contribution in [1.29, 1.82) is 0 Å².